The van der Waals surface area contributed by atoms with Crippen molar-refractivity contribution in [3.8, 4) is 17.2 Å². The van der Waals surface area contributed by atoms with Crippen LogP contribution in [0.4, 0.5) is 0 Å². The van der Waals surface area contributed by atoms with Crippen LogP contribution < -0.4 is 5.56 Å². The Balaban J connectivity index is 1.45. The number of aromatic nitrogens is 3. The minimum atomic E-state index is -0.162. The lowest BCUT2D eigenvalue weighted by atomic mass is 9.97. The first-order chi connectivity index (χ1) is 15.5. The number of benzene rings is 2. The van der Waals surface area contributed by atoms with Gasteiger partial charge in [-0.1, -0.05) is 62.4 Å². The number of allylic oxidation sites excluding steroid dienone is 1. The zero-order chi connectivity index (χ0) is 22.2. The van der Waals surface area contributed by atoms with Crippen molar-refractivity contribution in [2.45, 2.75) is 26.3 Å². The summed E-state index contributed by atoms with van der Waals surface area (Å²) in [7, 11) is 0. The van der Waals surface area contributed by atoms with Gasteiger partial charge in [0.15, 0.2) is 24.6 Å². The number of aromatic amines is 1. The van der Waals surface area contributed by atoms with Gasteiger partial charge in [-0.15, -0.1) is 0 Å². The second kappa shape index (κ2) is 7.78. The Hall–Kier alpha value is -4.24. The Kier molecular flexibility index (Phi) is 4.79. The maximum atomic E-state index is 13.0. The van der Waals surface area contributed by atoms with Gasteiger partial charge in [0.05, 0.1) is 5.69 Å². The van der Waals surface area contributed by atoms with Gasteiger partial charge in [0.25, 0.3) is 5.56 Å². The summed E-state index contributed by atoms with van der Waals surface area (Å²) in [6.45, 7) is 4.69. The van der Waals surface area contributed by atoms with Crippen LogP contribution in [-0.2, 0) is 6.54 Å². The van der Waals surface area contributed by atoms with Crippen LogP contribution >= 0.6 is 0 Å². The van der Waals surface area contributed by atoms with Crippen LogP contribution in [-0.4, -0.2) is 25.4 Å². The fourth-order valence-electron chi connectivity index (χ4n) is 4.10. The zero-order valence-electron chi connectivity index (χ0n) is 17.9. The van der Waals surface area contributed by atoms with Gasteiger partial charge in [-0.2, -0.15) is 9.84 Å². The first-order valence-corrected chi connectivity index (χ1v) is 10.6. The summed E-state index contributed by atoms with van der Waals surface area (Å²) in [5.74, 6) is 0.00152. The van der Waals surface area contributed by atoms with Crippen LogP contribution in [0.3, 0.4) is 0 Å². The molecule has 0 atom stereocenters. The maximum Gasteiger partial charge on any atom is 0.276 e. The fraction of sp³-hybridized carbons (Fsp3) is 0.154. The quantitative estimate of drug-likeness (QED) is 0.489. The van der Waals surface area contributed by atoms with Crippen molar-refractivity contribution in [3.05, 3.63) is 99.7 Å². The monoisotopic (exact) mass is 420 g/mol. The van der Waals surface area contributed by atoms with E-state index >= 15 is 0 Å². The van der Waals surface area contributed by atoms with Crippen molar-refractivity contribution in [3.63, 3.8) is 0 Å². The highest BCUT2D eigenvalue weighted by Crippen LogP contribution is 2.26. The smallest absolute Gasteiger partial charge is 0.276 e. The van der Waals surface area contributed by atoms with Crippen molar-refractivity contribution >= 4 is 17.4 Å². The van der Waals surface area contributed by atoms with Crippen molar-refractivity contribution in [1.29, 1.82) is 5.26 Å². The molecule has 32 heavy (non-hydrogen) atoms. The van der Waals surface area contributed by atoms with Gasteiger partial charge < -0.3 is 0 Å². The molecule has 6 heteroatoms. The van der Waals surface area contributed by atoms with Crippen LogP contribution in [0.2, 0.25) is 0 Å². The van der Waals surface area contributed by atoms with E-state index < -0.39 is 0 Å². The lowest BCUT2D eigenvalue weighted by molar-refractivity contribution is -0.475. The third-order valence-electron chi connectivity index (χ3n) is 5.68. The predicted octanol–water partition coefficient (Wildman–Crippen LogP) is 4.32. The van der Waals surface area contributed by atoms with Gasteiger partial charge in [-0.3, -0.25) is 9.89 Å². The molecule has 1 aliphatic rings. The van der Waals surface area contributed by atoms with E-state index in [1.54, 1.807) is 0 Å². The van der Waals surface area contributed by atoms with Gasteiger partial charge >= 0.3 is 0 Å². The highest BCUT2D eigenvalue weighted by atomic mass is 16.1. The largest absolute Gasteiger partial charge is 0.295 e. The molecule has 1 N–H and O–H groups in total. The summed E-state index contributed by atoms with van der Waals surface area (Å²) < 4.78 is 3.44. The number of hydrogen-bond donors (Lipinski definition) is 1. The molecule has 2 aromatic heterocycles. The van der Waals surface area contributed by atoms with Crippen LogP contribution in [0.15, 0.2) is 71.8 Å². The number of hydrogen-bond acceptors (Lipinski definition) is 3. The number of rotatable bonds is 5. The van der Waals surface area contributed by atoms with Gasteiger partial charge in [0, 0.05) is 17.3 Å². The van der Waals surface area contributed by atoms with E-state index in [9.17, 15) is 10.1 Å². The van der Waals surface area contributed by atoms with E-state index in [0.29, 0.717) is 22.5 Å². The third-order valence-corrected chi connectivity index (χ3v) is 5.68. The second-order valence-electron chi connectivity index (χ2n) is 8.24. The summed E-state index contributed by atoms with van der Waals surface area (Å²) in [5, 5.41) is 12.2. The highest BCUT2D eigenvalue weighted by Gasteiger charge is 2.27. The normalized spacial score (nSPS) is 12.9. The minimum absolute atomic E-state index is 0.00152. The molecule has 0 amide bonds. The molecule has 0 radical (unpaired) electrons. The van der Waals surface area contributed by atoms with Gasteiger partial charge in [-0.05, 0) is 23.1 Å². The number of nitrogens with one attached hydrogen (secondary N) is 1. The van der Waals surface area contributed by atoms with E-state index in [4.69, 9.17) is 0 Å². The van der Waals surface area contributed by atoms with Crippen LogP contribution in [0.25, 0.3) is 22.3 Å². The molecule has 0 saturated carbocycles. The first-order valence-electron chi connectivity index (χ1n) is 10.6. The third kappa shape index (κ3) is 3.34. The molecule has 0 unspecified atom stereocenters. The SMILES string of the molecule is CC(C)c1c(C2=C[N+](Cc3cccc(-c4ccccc4)c3)=C2)nc2c(C#N)c[nH]n2c1=O. The average molecular weight is 420 g/mol. The molecule has 1 aliphatic heterocycles. The fourth-order valence-corrected chi connectivity index (χ4v) is 4.10. The van der Waals surface area contributed by atoms with Crippen molar-refractivity contribution in [1.82, 2.24) is 14.6 Å². The molecule has 2 aromatic carbocycles. The van der Waals surface area contributed by atoms with Crippen LogP contribution in [0.1, 0.15) is 42.1 Å². The molecule has 0 aliphatic carbocycles. The van der Waals surface area contributed by atoms with Crippen molar-refractivity contribution < 1.29 is 4.58 Å². The number of nitriles is 1. The van der Waals surface area contributed by atoms with E-state index in [1.165, 1.54) is 27.4 Å². The van der Waals surface area contributed by atoms with Gasteiger partial charge in [0.1, 0.15) is 17.2 Å². The molecule has 4 aromatic rings. The summed E-state index contributed by atoms with van der Waals surface area (Å²) in [6.07, 6.45) is 5.54. The molecular formula is C26H22N5O+. The molecule has 0 bridgehead atoms. The molecule has 156 valence electrons. The number of fused-ring (bicyclic) bond motifs is 1. The Bertz CT molecular complexity index is 1500. The van der Waals surface area contributed by atoms with E-state index in [0.717, 1.165) is 12.1 Å². The maximum absolute atomic E-state index is 13.0. The van der Waals surface area contributed by atoms with E-state index in [1.807, 2.05) is 44.5 Å². The average Bonchev–Trinajstić information content (AvgIpc) is 3.20. The molecular weight excluding hydrogens is 398 g/mol. The summed E-state index contributed by atoms with van der Waals surface area (Å²) in [5.41, 5.74) is 6.32. The summed E-state index contributed by atoms with van der Waals surface area (Å²) in [6, 6.07) is 20.9. The second-order valence-corrected chi connectivity index (χ2v) is 8.24. The molecule has 0 spiro atoms. The Morgan fingerprint density at radius 1 is 1.12 bits per heavy atom. The Morgan fingerprint density at radius 3 is 2.59 bits per heavy atom. The predicted molar refractivity (Wildman–Crippen MR) is 125 cm³/mol. The Morgan fingerprint density at radius 2 is 1.88 bits per heavy atom. The molecule has 5 rings (SSSR count). The number of nitrogens with zero attached hydrogens (tertiary/aromatic N) is 4. The minimum Gasteiger partial charge on any atom is -0.295 e. The topological polar surface area (TPSA) is 77.0 Å². The Labute approximate surface area is 185 Å². The van der Waals surface area contributed by atoms with Crippen LogP contribution in [0.5, 0.6) is 0 Å². The lowest BCUT2D eigenvalue weighted by Crippen LogP contribution is -2.26. The molecule has 3 heterocycles. The standard InChI is InChI=1S/C26H21N5O/c1-17(2)23-24(29-25-21(12-27)13-28-31(25)26(23)32)22-15-30(16-22)14-18-7-6-10-20(11-18)19-8-4-3-5-9-19/h3-11,13,15-17H,14H2,1-2H3/p+1. The molecule has 0 saturated heterocycles. The van der Waals surface area contributed by atoms with Crippen LogP contribution in [0, 0.1) is 11.3 Å². The summed E-state index contributed by atoms with van der Waals surface area (Å²) in [4.78, 5) is 17.7. The summed E-state index contributed by atoms with van der Waals surface area (Å²) >= 11 is 0. The van der Waals surface area contributed by atoms with Gasteiger partial charge in [-0.25, -0.2) is 9.50 Å². The molecule has 0 fully saturated rings. The van der Waals surface area contributed by atoms with Crippen molar-refractivity contribution in [2.24, 2.45) is 0 Å². The van der Waals surface area contributed by atoms with E-state index in [2.05, 4.69) is 57.1 Å². The lowest BCUT2D eigenvalue weighted by Gasteiger charge is -2.15. The first kappa shape index (κ1) is 19.7. The number of H-pyrrole nitrogens is 1. The zero-order valence-corrected chi connectivity index (χ0v) is 17.9. The highest BCUT2D eigenvalue weighted by molar-refractivity contribution is 6.10. The molecule has 6 nitrogen and oxygen atoms in total. The van der Waals surface area contributed by atoms with Gasteiger partial charge in [0.2, 0.25) is 0 Å². The van der Waals surface area contributed by atoms with Crippen molar-refractivity contribution in [2.75, 3.05) is 0 Å². The van der Waals surface area contributed by atoms with E-state index in [-0.39, 0.29) is 11.5 Å².